The van der Waals surface area contributed by atoms with Crippen LogP contribution in [-0.4, -0.2) is 39.0 Å². The topological polar surface area (TPSA) is 46.6 Å². The largest absolute Gasteiger partial charge is 0.380 e. The monoisotopic (exact) mass is 317 g/mol. The number of ether oxygens (including phenoxy) is 1. The summed E-state index contributed by atoms with van der Waals surface area (Å²) < 4.78 is 31.9. The van der Waals surface area contributed by atoms with Gasteiger partial charge < -0.3 is 4.74 Å². The third-order valence-electron chi connectivity index (χ3n) is 3.29. The molecule has 0 aromatic heterocycles. The Hall–Kier alpha value is -0.430. The van der Waals surface area contributed by atoms with E-state index in [1.807, 2.05) is 0 Å². The standard InChI is InChI=1S/C11H12BrNO3S/c12-9-3-1-2-4-10(9)17(14,15)13-5-11(6-13)7-16-8-11/h1-4H,5-8H2. The van der Waals surface area contributed by atoms with Crippen LogP contribution in [0.2, 0.25) is 0 Å². The van der Waals surface area contributed by atoms with Gasteiger partial charge in [0.2, 0.25) is 10.0 Å². The lowest BCUT2D eigenvalue weighted by molar-refractivity contribution is -0.166. The molecule has 4 nitrogen and oxygen atoms in total. The molecule has 6 heteroatoms. The summed E-state index contributed by atoms with van der Waals surface area (Å²) in [5.41, 5.74) is 0.105. The van der Waals surface area contributed by atoms with E-state index in [0.29, 0.717) is 35.7 Å². The van der Waals surface area contributed by atoms with E-state index in [1.54, 1.807) is 24.3 Å². The molecule has 2 aliphatic rings. The van der Waals surface area contributed by atoms with Gasteiger partial charge in [0, 0.05) is 23.0 Å². The van der Waals surface area contributed by atoms with Gasteiger partial charge in [-0.25, -0.2) is 8.42 Å². The number of benzene rings is 1. The molecule has 0 amide bonds. The van der Waals surface area contributed by atoms with E-state index in [4.69, 9.17) is 4.74 Å². The van der Waals surface area contributed by atoms with Gasteiger partial charge in [-0.2, -0.15) is 4.31 Å². The van der Waals surface area contributed by atoms with E-state index in [9.17, 15) is 8.42 Å². The Labute approximate surface area is 109 Å². The second kappa shape index (κ2) is 3.78. The van der Waals surface area contributed by atoms with E-state index in [-0.39, 0.29) is 5.41 Å². The van der Waals surface area contributed by atoms with Crippen LogP contribution in [0.3, 0.4) is 0 Å². The first kappa shape index (κ1) is 11.6. The Morgan fingerprint density at radius 1 is 1.24 bits per heavy atom. The minimum Gasteiger partial charge on any atom is -0.380 e. The van der Waals surface area contributed by atoms with Crippen molar-refractivity contribution < 1.29 is 13.2 Å². The first-order valence-corrected chi connectivity index (χ1v) is 7.59. The molecule has 0 radical (unpaired) electrons. The summed E-state index contributed by atoms with van der Waals surface area (Å²) in [4.78, 5) is 0.343. The number of nitrogens with zero attached hydrogens (tertiary/aromatic N) is 1. The van der Waals surface area contributed by atoms with E-state index < -0.39 is 10.0 Å². The highest BCUT2D eigenvalue weighted by Gasteiger charge is 2.53. The maximum atomic E-state index is 12.3. The quantitative estimate of drug-likeness (QED) is 0.830. The van der Waals surface area contributed by atoms with Crippen LogP contribution in [0.4, 0.5) is 0 Å². The minimum atomic E-state index is -3.35. The van der Waals surface area contributed by atoms with Crippen molar-refractivity contribution in [3.63, 3.8) is 0 Å². The fourth-order valence-corrected chi connectivity index (χ4v) is 4.87. The van der Waals surface area contributed by atoms with Crippen molar-refractivity contribution in [3.05, 3.63) is 28.7 Å². The lowest BCUT2D eigenvalue weighted by atomic mass is 9.80. The summed E-state index contributed by atoms with van der Waals surface area (Å²) in [5, 5.41) is 0. The van der Waals surface area contributed by atoms with Gasteiger partial charge in [-0.3, -0.25) is 0 Å². The predicted molar refractivity (Wildman–Crippen MR) is 66.2 cm³/mol. The molecule has 1 aromatic carbocycles. The van der Waals surface area contributed by atoms with Crippen molar-refractivity contribution in [2.45, 2.75) is 4.90 Å². The maximum Gasteiger partial charge on any atom is 0.244 e. The summed E-state index contributed by atoms with van der Waals surface area (Å²) in [6.07, 6.45) is 0. The third-order valence-corrected chi connectivity index (χ3v) is 6.10. The highest BCUT2D eigenvalue weighted by atomic mass is 79.9. The van der Waals surface area contributed by atoms with Gasteiger partial charge in [0.15, 0.2) is 0 Å². The molecule has 0 aliphatic carbocycles. The highest BCUT2D eigenvalue weighted by molar-refractivity contribution is 9.10. The molecular weight excluding hydrogens is 306 g/mol. The summed E-state index contributed by atoms with van der Waals surface area (Å²) in [7, 11) is -3.35. The van der Waals surface area contributed by atoms with Crippen LogP contribution in [0.1, 0.15) is 0 Å². The van der Waals surface area contributed by atoms with Crippen LogP contribution in [0, 0.1) is 5.41 Å². The SMILES string of the molecule is O=S(=O)(c1ccccc1Br)N1CC2(COC2)C1. The van der Waals surface area contributed by atoms with Gasteiger partial charge >= 0.3 is 0 Å². The van der Waals surface area contributed by atoms with Crippen LogP contribution in [0.25, 0.3) is 0 Å². The molecule has 1 aromatic rings. The molecule has 0 atom stereocenters. The Kier molecular flexibility index (Phi) is 2.59. The van der Waals surface area contributed by atoms with Crippen molar-refractivity contribution in [3.8, 4) is 0 Å². The van der Waals surface area contributed by atoms with Crippen LogP contribution in [0.5, 0.6) is 0 Å². The maximum absolute atomic E-state index is 12.3. The minimum absolute atomic E-state index is 0.105. The smallest absolute Gasteiger partial charge is 0.244 e. The molecule has 0 bridgehead atoms. The molecule has 3 rings (SSSR count). The lowest BCUT2D eigenvalue weighted by Crippen LogP contribution is -2.66. The number of hydrogen-bond acceptors (Lipinski definition) is 3. The van der Waals surface area contributed by atoms with Crippen LogP contribution in [0.15, 0.2) is 33.6 Å². The lowest BCUT2D eigenvalue weighted by Gasteiger charge is -2.53. The van der Waals surface area contributed by atoms with Gasteiger partial charge in [0.1, 0.15) is 0 Å². The molecule has 92 valence electrons. The first-order valence-electron chi connectivity index (χ1n) is 5.36. The highest BCUT2D eigenvalue weighted by Crippen LogP contribution is 2.41. The Balaban J connectivity index is 1.85. The Bertz CT molecular complexity index is 546. The molecule has 2 aliphatic heterocycles. The molecule has 0 saturated carbocycles. The van der Waals surface area contributed by atoms with Gasteiger partial charge in [0.05, 0.1) is 18.1 Å². The Morgan fingerprint density at radius 2 is 1.88 bits per heavy atom. The zero-order valence-electron chi connectivity index (χ0n) is 9.10. The van der Waals surface area contributed by atoms with Crippen molar-refractivity contribution in [2.24, 2.45) is 5.41 Å². The zero-order valence-corrected chi connectivity index (χ0v) is 11.5. The van der Waals surface area contributed by atoms with E-state index in [1.165, 1.54) is 4.31 Å². The molecule has 0 N–H and O–H groups in total. The summed E-state index contributed by atoms with van der Waals surface area (Å²) >= 11 is 3.28. The van der Waals surface area contributed by atoms with E-state index in [2.05, 4.69) is 15.9 Å². The fourth-order valence-electron chi connectivity index (χ4n) is 2.24. The molecular formula is C11H12BrNO3S. The van der Waals surface area contributed by atoms with Crippen molar-refractivity contribution in [1.82, 2.24) is 4.31 Å². The summed E-state index contributed by atoms with van der Waals surface area (Å²) in [5.74, 6) is 0. The first-order chi connectivity index (χ1) is 8.04. The normalized spacial score (nSPS) is 23.1. The average molecular weight is 318 g/mol. The number of halogens is 1. The molecule has 0 unspecified atom stereocenters. The Morgan fingerprint density at radius 3 is 2.41 bits per heavy atom. The second-order valence-corrected chi connectivity index (χ2v) is 7.46. The van der Waals surface area contributed by atoms with E-state index >= 15 is 0 Å². The molecule has 17 heavy (non-hydrogen) atoms. The van der Waals surface area contributed by atoms with Crippen LogP contribution >= 0.6 is 15.9 Å². The fraction of sp³-hybridized carbons (Fsp3) is 0.455. The molecule has 2 saturated heterocycles. The van der Waals surface area contributed by atoms with Crippen LogP contribution < -0.4 is 0 Å². The molecule has 2 fully saturated rings. The summed E-state index contributed by atoms with van der Waals surface area (Å²) in [6, 6.07) is 6.91. The zero-order chi connectivity index (χ0) is 12.1. The average Bonchev–Trinajstić information content (AvgIpc) is 2.13. The molecule has 2 heterocycles. The van der Waals surface area contributed by atoms with Gasteiger partial charge in [-0.15, -0.1) is 0 Å². The second-order valence-electron chi connectivity index (χ2n) is 4.70. The van der Waals surface area contributed by atoms with Crippen LogP contribution in [-0.2, 0) is 14.8 Å². The van der Waals surface area contributed by atoms with Crippen molar-refractivity contribution >= 4 is 26.0 Å². The number of sulfonamides is 1. The summed E-state index contributed by atoms with van der Waals surface area (Å²) in [6.45, 7) is 2.54. The van der Waals surface area contributed by atoms with Gasteiger partial charge in [-0.05, 0) is 28.1 Å². The van der Waals surface area contributed by atoms with Crippen molar-refractivity contribution in [1.29, 1.82) is 0 Å². The van der Waals surface area contributed by atoms with E-state index in [0.717, 1.165) is 0 Å². The van der Waals surface area contributed by atoms with Gasteiger partial charge in [-0.1, -0.05) is 12.1 Å². The number of hydrogen-bond donors (Lipinski definition) is 0. The predicted octanol–water partition coefficient (Wildman–Crippen LogP) is 1.47. The number of rotatable bonds is 2. The van der Waals surface area contributed by atoms with Gasteiger partial charge in [0.25, 0.3) is 0 Å². The molecule has 1 spiro atoms. The van der Waals surface area contributed by atoms with Crippen molar-refractivity contribution in [2.75, 3.05) is 26.3 Å². The third kappa shape index (κ3) is 1.74.